The van der Waals surface area contributed by atoms with E-state index in [1.165, 1.54) is 5.57 Å². The van der Waals surface area contributed by atoms with Gasteiger partial charge in [0, 0.05) is 10.8 Å². The average Bonchev–Trinajstić information content (AvgIpc) is 2.81. The third-order valence-corrected chi connectivity index (χ3v) is 13.3. The van der Waals surface area contributed by atoms with Gasteiger partial charge < -0.3 is 25.5 Å². The molecule has 5 aliphatic rings. The predicted octanol–water partition coefficient (Wildman–Crippen LogP) is 4.15. The molecule has 0 aromatic heterocycles. The van der Waals surface area contributed by atoms with Gasteiger partial charge in [-0.15, -0.1) is 0 Å². The van der Waals surface area contributed by atoms with Crippen molar-refractivity contribution in [3.63, 3.8) is 0 Å². The molecular weight excluding hydrogens is 456 g/mol. The van der Waals surface area contributed by atoms with Crippen LogP contribution in [-0.2, 0) is 4.79 Å². The molecule has 0 amide bonds. The highest BCUT2D eigenvalue weighted by Gasteiger charge is 2.72. The molecule has 0 heterocycles. The van der Waals surface area contributed by atoms with Crippen molar-refractivity contribution in [2.45, 2.75) is 111 Å². The van der Waals surface area contributed by atoms with Gasteiger partial charge in [-0.05, 0) is 85.4 Å². The summed E-state index contributed by atoms with van der Waals surface area (Å²) >= 11 is 0. The van der Waals surface area contributed by atoms with E-state index in [9.17, 15) is 30.3 Å². The second-order valence-electron chi connectivity index (χ2n) is 15.1. The van der Waals surface area contributed by atoms with E-state index in [1.54, 1.807) is 0 Å². The molecule has 5 aliphatic carbocycles. The fourth-order valence-corrected chi connectivity index (χ4v) is 10.7. The van der Waals surface area contributed by atoms with Crippen LogP contribution >= 0.6 is 0 Å². The van der Waals surface area contributed by atoms with Gasteiger partial charge in [0.1, 0.15) is 6.10 Å². The summed E-state index contributed by atoms with van der Waals surface area (Å²) in [6, 6.07) is 0. The Balaban J connectivity index is 1.64. The normalized spacial score (nSPS) is 55.9. The minimum Gasteiger partial charge on any atom is -0.481 e. The highest BCUT2D eigenvalue weighted by Crippen LogP contribution is 2.75. The molecule has 5 rings (SSSR count). The van der Waals surface area contributed by atoms with Crippen LogP contribution in [-0.4, -0.2) is 56.4 Å². The lowest BCUT2D eigenvalue weighted by Gasteiger charge is -2.72. The number of carboxylic acid groups (broad SMARTS) is 1. The summed E-state index contributed by atoms with van der Waals surface area (Å²) < 4.78 is 0. The summed E-state index contributed by atoms with van der Waals surface area (Å²) in [7, 11) is 0. The summed E-state index contributed by atoms with van der Waals surface area (Å²) in [5.41, 5.74) is -1.22. The topological polar surface area (TPSA) is 118 Å². The maximum Gasteiger partial charge on any atom is 0.310 e. The van der Waals surface area contributed by atoms with Crippen molar-refractivity contribution in [1.29, 1.82) is 0 Å². The SMILES string of the molecule is CC1(C)CC[C@]2(C(=O)O)CC[C@]3(C)C(=CC[C@@H]4[C@@]5(C)[C@@H](O)[C@@H](O)[C@@H](O)[C@](C)(CO)[C@@H]5CC[C@]43C)[C@@H]2C1. The van der Waals surface area contributed by atoms with Gasteiger partial charge in [-0.2, -0.15) is 0 Å². The minimum atomic E-state index is -1.31. The largest absolute Gasteiger partial charge is 0.481 e. The zero-order chi connectivity index (χ0) is 26.7. The van der Waals surface area contributed by atoms with Gasteiger partial charge in [0.25, 0.3) is 0 Å². The first-order valence-corrected chi connectivity index (χ1v) is 14.1. The van der Waals surface area contributed by atoms with Gasteiger partial charge in [-0.25, -0.2) is 0 Å². The first-order chi connectivity index (χ1) is 16.5. The molecule has 0 aromatic carbocycles. The number of hydrogen-bond acceptors (Lipinski definition) is 5. The lowest BCUT2D eigenvalue weighted by atomic mass is 9.33. The molecule has 0 aromatic rings. The van der Waals surface area contributed by atoms with Gasteiger partial charge >= 0.3 is 5.97 Å². The lowest BCUT2D eigenvalue weighted by molar-refractivity contribution is -0.287. The second-order valence-corrected chi connectivity index (χ2v) is 15.1. The molecule has 0 bridgehead atoms. The molecule has 0 saturated heterocycles. The Morgan fingerprint density at radius 1 is 0.917 bits per heavy atom. The van der Waals surface area contributed by atoms with E-state index in [2.05, 4.69) is 40.7 Å². The Kier molecular flexibility index (Phi) is 5.77. The van der Waals surface area contributed by atoms with Gasteiger partial charge in [0.15, 0.2) is 0 Å². The quantitative estimate of drug-likeness (QED) is 0.361. The van der Waals surface area contributed by atoms with E-state index >= 15 is 0 Å². The van der Waals surface area contributed by atoms with E-state index in [-0.39, 0.29) is 40.6 Å². The lowest BCUT2D eigenvalue weighted by Crippen LogP contribution is -2.73. The van der Waals surface area contributed by atoms with Crippen molar-refractivity contribution >= 4 is 5.97 Å². The Morgan fingerprint density at radius 2 is 1.56 bits per heavy atom. The minimum absolute atomic E-state index is 0.0206. The van der Waals surface area contributed by atoms with Crippen LogP contribution in [0.4, 0.5) is 0 Å². The van der Waals surface area contributed by atoms with Crippen LogP contribution in [0.1, 0.15) is 92.9 Å². The number of allylic oxidation sites excluding steroid dienone is 2. The maximum atomic E-state index is 12.8. The molecule has 5 N–H and O–H groups in total. The summed E-state index contributed by atoms with van der Waals surface area (Å²) in [5.74, 6) is -0.704. The fraction of sp³-hybridized carbons (Fsp3) is 0.900. The molecule has 0 spiro atoms. The second kappa shape index (κ2) is 7.80. The summed E-state index contributed by atoms with van der Waals surface area (Å²) in [6.07, 6.45) is 5.16. The summed E-state index contributed by atoms with van der Waals surface area (Å²) in [6.45, 7) is 12.9. The van der Waals surface area contributed by atoms with Crippen LogP contribution in [0.3, 0.4) is 0 Å². The van der Waals surface area contributed by atoms with Crippen molar-refractivity contribution in [3.8, 4) is 0 Å². The highest BCUT2D eigenvalue weighted by molar-refractivity contribution is 5.76. The maximum absolute atomic E-state index is 12.8. The number of carboxylic acids is 1. The van der Waals surface area contributed by atoms with E-state index in [0.29, 0.717) is 6.42 Å². The Hall–Kier alpha value is -0.950. The number of aliphatic carboxylic acids is 1. The molecule has 36 heavy (non-hydrogen) atoms. The zero-order valence-corrected chi connectivity index (χ0v) is 23.0. The number of aliphatic hydroxyl groups excluding tert-OH is 4. The molecule has 11 atom stereocenters. The van der Waals surface area contributed by atoms with Crippen LogP contribution in [0, 0.1) is 50.2 Å². The third-order valence-electron chi connectivity index (χ3n) is 13.3. The highest BCUT2D eigenvalue weighted by atomic mass is 16.4. The van der Waals surface area contributed by atoms with Crippen LogP contribution in [0.25, 0.3) is 0 Å². The van der Waals surface area contributed by atoms with Gasteiger partial charge in [-0.3, -0.25) is 4.79 Å². The third kappa shape index (κ3) is 2.96. The van der Waals surface area contributed by atoms with Crippen molar-refractivity contribution in [3.05, 3.63) is 11.6 Å². The van der Waals surface area contributed by atoms with Gasteiger partial charge in [0.2, 0.25) is 0 Å². The van der Waals surface area contributed by atoms with Crippen molar-refractivity contribution < 1.29 is 30.3 Å². The molecule has 6 heteroatoms. The van der Waals surface area contributed by atoms with Crippen LogP contribution < -0.4 is 0 Å². The smallest absolute Gasteiger partial charge is 0.310 e. The first-order valence-electron chi connectivity index (χ1n) is 14.1. The number of carbonyl (C=O) groups is 1. The van der Waals surface area contributed by atoms with E-state index in [0.717, 1.165) is 44.9 Å². The molecule has 4 fully saturated rings. The Morgan fingerprint density at radius 3 is 2.17 bits per heavy atom. The average molecular weight is 505 g/mol. The fourth-order valence-electron chi connectivity index (χ4n) is 10.7. The van der Waals surface area contributed by atoms with Gasteiger partial charge in [0.05, 0.1) is 24.2 Å². The molecular formula is C30H48O6. The Labute approximate surface area is 216 Å². The molecule has 6 nitrogen and oxygen atoms in total. The number of fused-ring (bicyclic) bond motifs is 7. The molecule has 0 unspecified atom stereocenters. The molecule has 0 radical (unpaired) electrons. The summed E-state index contributed by atoms with van der Waals surface area (Å²) in [4.78, 5) is 12.8. The van der Waals surface area contributed by atoms with Crippen molar-refractivity contribution in [1.82, 2.24) is 0 Å². The monoisotopic (exact) mass is 504 g/mol. The molecule has 4 saturated carbocycles. The van der Waals surface area contributed by atoms with E-state index in [1.807, 2.05) is 6.92 Å². The van der Waals surface area contributed by atoms with Crippen LogP contribution in [0.15, 0.2) is 11.6 Å². The predicted molar refractivity (Wildman–Crippen MR) is 137 cm³/mol. The van der Waals surface area contributed by atoms with E-state index < -0.39 is 40.5 Å². The standard InChI is InChI=1S/C30H48O6/c1-25(2)11-13-30(24(35)36)14-12-27(4)17(18(30)15-25)7-8-20-28(27,5)10-9-19-26(3,16-31)22(33)21(32)23(34)29(19,20)6/h7,18-23,31-34H,8-16H2,1-6H3,(H,35,36)/t18-,19-,20-,21-,22+,23-,26+,27+,28+,29-,30-/m0/s1. The van der Waals surface area contributed by atoms with Crippen molar-refractivity contribution in [2.75, 3.05) is 6.61 Å². The number of aliphatic hydroxyl groups is 4. The van der Waals surface area contributed by atoms with Crippen LogP contribution in [0.5, 0.6) is 0 Å². The van der Waals surface area contributed by atoms with E-state index in [4.69, 9.17) is 0 Å². The first kappa shape index (κ1) is 26.6. The van der Waals surface area contributed by atoms with Crippen LogP contribution in [0.2, 0.25) is 0 Å². The molecule has 0 aliphatic heterocycles. The number of hydrogen-bond donors (Lipinski definition) is 5. The van der Waals surface area contributed by atoms with Gasteiger partial charge in [-0.1, -0.05) is 53.2 Å². The Bertz CT molecular complexity index is 974. The molecule has 204 valence electrons. The summed E-state index contributed by atoms with van der Waals surface area (Å²) in [5, 5.41) is 54.4. The zero-order valence-electron chi connectivity index (χ0n) is 23.0. The van der Waals surface area contributed by atoms with Crippen molar-refractivity contribution in [2.24, 2.45) is 50.2 Å². The number of rotatable bonds is 2.